The topological polar surface area (TPSA) is 42.2 Å². The van der Waals surface area contributed by atoms with Crippen molar-refractivity contribution in [2.75, 3.05) is 0 Å². The van der Waals surface area contributed by atoms with E-state index in [9.17, 15) is 4.79 Å². The summed E-state index contributed by atoms with van der Waals surface area (Å²) in [5, 5.41) is 9.15. The summed E-state index contributed by atoms with van der Waals surface area (Å²) < 4.78 is 2.38. The molecular weight excluding hydrogens is 310 g/mol. The Bertz CT molecular complexity index is 795. The van der Waals surface area contributed by atoms with Crippen molar-refractivity contribution in [2.45, 2.75) is 57.4 Å². The fourth-order valence-electron chi connectivity index (χ4n) is 4.69. The molecule has 2 aliphatic rings. The highest BCUT2D eigenvalue weighted by Gasteiger charge is 2.30. The quantitative estimate of drug-likeness (QED) is 0.776. The molecule has 1 saturated carbocycles. The van der Waals surface area contributed by atoms with Crippen LogP contribution in [0, 0.1) is 0 Å². The van der Waals surface area contributed by atoms with E-state index in [0.29, 0.717) is 5.92 Å². The van der Waals surface area contributed by atoms with Gasteiger partial charge in [0.1, 0.15) is 0 Å². The lowest BCUT2D eigenvalue weighted by Gasteiger charge is -2.24. The molecule has 3 heteroatoms. The Labute approximate surface area is 149 Å². The van der Waals surface area contributed by atoms with Gasteiger partial charge >= 0.3 is 5.97 Å². The number of nitrogens with zero attached hydrogens (tertiary/aromatic N) is 1. The molecule has 2 heterocycles. The zero-order valence-corrected chi connectivity index (χ0v) is 14.6. The van der Waals surface area contributed by atoms with Crippen LogP contribution in [0.3, 0.4) is 0 Å². The molecule has 0 spiro atoms. The molecule has 1 aromatic heterocycles. The molecular formula is C22H25NO2. The summed E-state index contributed by atoms with van der Waals surface area (Å²) in [7, 11) is 0. The molecule has 0 bridgehead atoms. The molecule has 0 radical (unpaired) electrons. The molecule has 0 unspecified atom stereocenters. The number of hydrogen-bond donors (Lipinski definition) is 1. The summed E-state index contributed by atoms with van der Waals surface area (Å²) in [6.07, 6.45) is 11.7. The van der Waals surface area contributed by atoms with Crippen LogP contribution in [0.25, 0.3) is 17.2 Å². The van der Waals surface area contributed by atoms with Crippen LogP contribution in [-0.2, 0) is 17.8 Å². The summed E-state index contributed by atoms with van der Waals surface area (Å²) in [5.74, 6) is -0.320. The Morgan fingerprint density at radius 3 is 2.56 bits per heavy atom. The van der Waals surface area contributed by atoms with E-state index in [1.54, 1.807) is 0 Å². The fraction of sp³-hybridized carbons (Fsp3) is 0.409. The van der Waals surface area contributed by atoms with Crippen molar-refractivity contribution in [3.8, 4) is 11.1 Å². The first-order valence-electron chi connectivity index (χ1n) is 9.47. The molecule has 1 aromatic carbocycles. The molecule has 0 saturated heterocycles. The summed E-state index contributed by atoms with van der Waals surface area (Å²) in [4.78, 5) is 11.1. The Kier molecular flexibility index (Phi) is 4.48. The monoisotopic (exact) mass is 335 g/mol. The minimum atomic E-state index is -0.871. The van der Waals surface area contributed by atoms with Gasteiger partial charge in [-0.3, -0.25) is 0 Å². The third-order valence-corrected chi connectivity index (χ3v) is 5.71. The predicted octanol–water partition coefficient (Wildman–Crippen LogP) is 5.25. The van der Waals surface area contributed by atoms with Gasteiger partial charge in [0.2, 0.25) is 0 Å². The van der Waals surface area contributed by atoms with Crippen LogP contribution in [0.1, 0.15) is 61.4 Å². The van der Waals surface area contributed by atoms with Crippen LogP contribution in [0.5, 0.6) is 0 Å². The number of carbonyl (C=O) groups is 1. The average Bonchev–Trinajstić information content (AvgIpc) is 3.22. The van der Waals surface area contributed by atoms with Crippen molar-refractivity contribution in [1.29, 1.82) is 0 Å². The first-order valence-corrected chi connectivity index (χ1v) is 9.47. The van der Waals surface area contributed by atoms with Gasteiger partial charge in [0.05, 0.1) is 0 Å². The molecule has 1 aliphatic carbocycles. The van der Waals surface area contributed by atoms with Crippen LogP contribution in [-0.4, -0.2) is 15.6 Å². The van der Waals surface area contributed by atoms with Gasteiger partial charge in [-0.15, -0.1) is 0 Å². The van der Waals surface area contributed by atoms with Crippen molar-refractivity contribution in [2.24, 2.45) is 0 Å². The van der Waals surface area contributed by atoms with E-state index in [0.717, 1.165) is 25.1 Å². The van der Waals surface area contributed by atoms with Gasteiger partial charge in [-0.1, -0.05) is 49.6 Å². The molecule has 4 rings (SSSR count). The fourth-order valence-corrected chi connectivity index (χ4v) is 4.69. The third kappa shape index (κ3) is 3.04. The zero-order valence-electron chi connectivity index (χ0n) is 14.6. The van der Waals surface area contributed by atoms with Gasteiger partial charge < -0.3 is 9.67 Å². The van der Waals surface area contributed by atoms with Crippen LogP contribution in [0.15, 0.2) is 36.4 Å². The number of carboxylic acid groups (broad SMARTS) is 1. The maximum atomic E-state index is 11.1. The Balaban J connectivity index is 1.92. The second-order valence-corrected chi connectivity index (χ2v) is 7.25. The number of aliphatic carboxylic acids is 1. The molecule has 25 heavy (non-hydrogen) atoms. The highest BCUT2D eigenvalue weighted by molar-refractivity contribution is 5.87. The zero-order chi connectivity index (χ0) is 17.2. The summed E-state index contributed by atoms with van der Waals surface area (Å²) in [6, 6.07) is 10.7. The molecule has 1 N–H and O–H groups in total. The van der Waals surface area contributed by atoms with Crippen LogP contribution < -0.4 is 0 Å². The van der Waals surface area contributed by atoms with E-state index in [4.69, 9.17) is 5.11 Å². The molecule has 130 valence electrons. The van der Waals surface area contributed by atoms with Gasteiger partial charge in [0, 0.05) is 29.6 Å². The SMILES string of the molecule is O=C(O)/C=C/c1c(C2CCCCC2)c(-c2ccccc2)c2n1CCC2. The van der Waals surface area contributed by atoms with Crippen molar-refractivity contribution >= 4 is 12.0 Å². The van der Waals surface area contributed by atoms with E-state index in [2.05, 4.69) is 34.9 Å². The molecule has 1 aliphatic heterocycles. The summed E-state index contributed by atoms with van der Waals surface area (Å²) in [5.41, 5.74) is 6.61. The average molecular weight is 335 g/mol. The predicted molar refractivity (Wildman–Crippen MR) is 101 cm³/mol. The first-order chi connectivity index (χ1) is 12.3. The van der Waals surface area contributed by atoms with Crippen molar-refractivity contribution in [1.82, 2.24) is 4.57 Å². The highest BCUT2D eigenvalue weighted by Crippen LogP contribution is 2.45. The lowest BCUT2D eigenvalue weighted by molar-refractivity contribution is -0.131. The van der Waals surface area contributed by atoms with Crippen LogP contribution in [0.2, 0.25) is 0 Å². The molecule has 0 amide bonds. The normalized spacial score (nSPS) is 17.9. The smallest absolute Gasteiger partial charge is 0.328 e. The minimum Gasteiger partial charge on any atom is -0.478 e. The molecule has 0 atom stereocenters. The van der Waals surface area contributed by atoms with Crippen molar-refractivity contribution in [3.05, 3.63) is 53.4 Å². The number of aromatic nitrogens is 1. The lowest BCUT2D eigenvalue weighted by Crippen LogP contribution is -2.08. The van der Waals surface area contributed by atoms with E-state index < -0.39 is 5.97 Å². The maximum Gasteiger partial charge on any atom is 0.328 e. The van der Waals surface area contributed by atoms with E-state index in [-0.39, 0.29) is 0 Å². The van der Waals surface area contributed by atoms with Gasteiger partial charge in [-0.2, -0.15) is 0 Å². The summed E-state index contributed by atoms with van der Waals surface area (Å²) >= 11 is 0. The minimum absolute atomic E-state index is 0.551. The summed E-state index contributed by atoms with van der Waals surface area (Å²) in [6.45, 7) is 1.00. The van der Waals surface area contributed by atoms with Crippen LogP contribution in [0.4, 0.5) is 0 Å². The number of rotatable bonds is 4. The van der Waals surface area contributed by atoms with E-state index in [1.807, 2.05) is 6.08 Å². The Morgan fingerprint density at radius 1 is 1.08 bits per heavy atom. The van der Waals surface area contributed by atoms with Gasteiger partial charge in [-0.25, -0.2) is 4.79 Å². The number of hydrogen-bond acceptors (Lipinski definition) is 1. The molecule has 3 nitrogen and oxygen atoms in total. The van der Waals surface area contributed by atoms with Gasteiger partial charge in [0.25, 0.3) is 0 Å². The van der Waals surface area contributed by atoms with E-state index >= 15 is 0 Å². The number of carboxylic acids is 1. The van der Waals surface area contributed by atoms with Crippen molar-refractivity contribution < 1.29 is 9.90 Å². The van der Waals surface area contributed by atoms with Crippen LogP contribution >= 0.6 is 0 Å². The number of fused-ring (bicyclic) bond motifs is 1. The van der Waals surface area contributed by atoms with E-state index in [1.165, 1.54) is 60.6 Å². The molecule has 1 fully saturated rings. The second-order valence-electron chi connectivity index (χ2n) is 7.25. The number of benzene rings is 1. The lowest BCUT2D eigenvalue weighted by atomic mass is 9.80. The maximum absolute atomic E-state index is 11.1. The van der Waals surface area contributed by atoms with Gasteiger partial charge in [-0.05, 0) is 48.8 Å². The second kappa shape index (κ2) is 6.91. The highest BCUT2D eigenvalue weighted by atomic mass is 16.4. The van der Waals surface area contributed by atoms with Crippen molar-refractivity contribution in [3.63, 3.8) is 0 Å². The largest absolute Gasteiger partial charge is 0.478 e. The standard InChI is InChI=1S/C22H25NO2/c24-20(25)14-13-19-22(17-10-5-2-6-11-17)21(16-8-3-1-4-9-16)18-12-7-15-23(18)19/h1,3-4,8-9,13-14,17H,2,5-7,10-12,15H2,(H,24,25)/b14-13+. The van der Waals surface area contributed by atoms with Gasteiger partial charge in [0.15, 0.2) is 0 Å². The Hall–Kier alpha value is -2.29. The molecule has 2 aromatic rings. The third-order valence-electron chi connectivity index (χ3n) is 5.71. The Morgan fingerprint density at radius 2 is 1.84 bits per heavy atom. The first kappa shape index (κ1) is 16.2.